The molecule has 2 unspecified atom stereocenters. The van der Waals surface area contributed by atoms with Crippen molar-refractivity contribution < 1.29 is 17.2 Å². The van der Waals surface area contributed by atoms with Crippen LogP contribution in [0.2, 0.25) is 0 Å². The summed E-state index contributed by atoms with van der Waals surface area (Å²) < 4.78 is 51.2. The molecule has 0 radical (unpaired) electrons. The van der Waals surface area contributed by atoms with Crippen molar-refractivity contribution in [2.45, 2.75) is 63.3 Å². The molecule has 168 valence electrons. The van der Waals surface area contributed by atoms with Gasteiger partial charge in [-0.2, -0.15) is 0 Å². The Morgan fingerprint density at radius 3 is 2.45 bits per heavy atom. The molecule has 4 rings (SSSR count). The Bertz CT molecular complexity index is 1030. The molecule has 0 bridgehead atoms. The van der Waals surface area contributed by atoms with E-state index in [4.69, 9.17) is 5.73 Å². The van der Waals surface area contributed by atoms with Crippen LogP contribution < -0.4 is 5.73 Å². The molecule has 2 aromatic rings. The van der Waals surface area contributed by atoms with Crippen LogP contribution in [0.1, 0.15) is 60.3 Å². The molecule has 0 heterocycles. The van der Waals surface area contributed by atoms with E-state index in [1.165, 1.54) is 28.8 Å². The van der Waals surface area contributed by atoms with Crippen LogP contribution in [0.3, 0.4) is 0 Å². The van der Waals surface area contributed by atoms with Crippen molar-refractivity contribution in [2.24, 2.45) is 11.7 Å². The number of sulfone groups is 1. The minimum atomic E-state index is -2.92. The van der Waals surface area contributed by atoms with Crippen LogP contribution >= 0.6 is 0 Å². The van der Waals surface area contributed by atoms with E-state index in [1.807, 2.05) is 0 Å². The summed E-state index contributed by atoms with van der Waals surface area (Å²) in [5.41, 5.74) is 10.8. The van der Waals surface area contributed by atoms with E-state index in [1.54, 1.807) is 6.07 Å². The standard InChI is InChI=1S/C25H31F2NO2S/c26-23-10-7-19(15-24(23)27)14-22-21-13-17(6-8-20(21)9-11-25(22)28)3-1-2-12-31(29,30)16-18-4-5-18/h6-8,10,13,15,18,22,25H,1-5,9,11-12,14,16,28H2. The third-order valence-electron chi connectivity index (χ3n) is 6.67. The molecule has 1 saturated carbocycles. The molecule has 2 aromatic carbocycles. The minimum absolute atomic E-state index is 0.0246. The first-order chi connectivity index (χ1) is 14.8. The lowest BCUT2D eigenvalue weighted by molar-refractivity contribution is 0.463. The quantitative estimate of drug-likeness (QED) is 0.566. The van der Waals surface area contributed by atoms with Gasteiger partial charge in [0.05, 0.1) is 11.5 Å². The number of aryl methyl sites for hydroxylation is 2. The average Bonchev–Trinajstić information content (AvgIpc) is 3.53. The second-order valence-corrected chi connectivity index (χ2v) is 11.5. The Kier molecular flexibility index (Phi) is 6.77. The summed E-state index contributed by atoms with van der Waals surface area (Å²) in [6, 6.07) is 10.5. The predicted octanol–water partition coefficient (Wildman–Crippen LogP) is 4.71. The van der Waals surface area contributed by atoms with E-state index in [0.717, 1.165) is 44.1 Å². The van der Waals surface area contributed by atoms with Gasteiger partial charge in [0, 0.05) is 12.0 Å². The van der Waals surface area contributed by atoms with Gasteiger partial charge in [-0.15, -0.1) is 0 Å². The first-order valence-electron chi connectivity index (χ1n) is 11.3. The zero-order valence-electron chi connectivity index (χ0n) is 17.8. The first kappa shape index (κ1) is 22.4. The average molecular weight is 448 g/mol. The molecule has 0 aromatic heterocycles. The van der Waals surface area contributed by atoms with E-state index in [-0.39, 0.29) is 17.7 Å². The smallest absolute Gasteiger partial charge is 0.159 e. The van der Waals surface area contributed by atoms with Crippen LogP contribution in [0.25, 0.3) is 0 Å². The summed E-state index contributed by atoms with van der Waals surface area (Å²) >= 11 is 0. The van der Waals surface area contributed by atoms with Crippen LogP contribution in [0.5, 0.6) is 0 Å². The second kappa shape index (κ2) is 9.37. The number of benzene rings is 2. The van der Waals surface area contributed by atoms with Crippen molar-refractivity contribution in [3.05, 3.63) is 70.3 Å². The molecular weight excluding hydrogens is 416 g/mol. The lowest BCUT2D eigenvalue weighted by Crippen LogP contribution is -2.34. The van der Waals surface area contributed by atoms with Gasteiger partial charge in [0.1, 0.15) is 0 Å². The minimum Gasteiger partial charge on any atom is -0.327 e. The van der Waals surface area contributed by atoms with Gasteiger partial charge >= 0.3 is 0 Å². The topological polar surface area (TPSA) is 60.2 Å². The molecule has 1 fully saturated rings. The Hall–Kier alpha value is -1.79. The maximum absolute atomic E-state index is 13.7. The zero-order chi connectivity index (χ0) is 22.0. The summed E-state index contributed by atoms with van der Waals surface area (Å²) in [6.07, 6.45) is 6.84. The Balaban J connectivity index is 1.41. The molecule has 2 aliphatic carbocycles. The number of hydrogen-bond acceptors (Lipinski definition) is 3. The zero-order valence-corrected chi connectivity index (χ0v) is 18.6. The van der Waals surface area contributed by atoms with Crippen LogP contribution in [-0.4, -0.2) is 26.0 Å². The van der Waals surface area contributed by atoms with Gasteiger partial charge in [0.15, 0.2) is 21.5 Å². The highest BCUT2D eigenvalue weighted by molar-refractivity contribution is 7.91. The second-order valence-electron chi connectivity index (χ2n) is 9.31. The summed E-state index contributed by atoms with van der Waals surface area (Å²) in [5.74, 6) is -0.562. The van der Waals surface area contributed by atoms with Gasteiger partial charge < -0.3 is 5.73 Å². The number of hydrogen-bond donors (Lipinski definition) is 1. The van der Waals surface area contributed by atoms with Crippen molar-refractivity contribution in [1.82, 2.24) is 0 Å². The summed E-state index contributed by atoms with van der Waals surface area (Å²) in [4.78, 5) is 0. The highest BCUT2D eigenvalue weighted by Gasteiger charge is 2.28. The van der Waals surface area contributed by atoms with Crippen molar-refractivity contribution in [2.75, 3.05) is 11.5 Å². The SMILES string of the molecule is NC1CCc2ccc(CCCCS(=O)(=O)CC3CC3)cc2C1Cc1ccc(F)c(F)c1. The fourth-order valence-corrected chi connectivity index (χ4v) is 6.55. The molecular formula is C25H31F2NO2S. The molecule has 31 heavy (non-hydrogen) atoms. The van der Waals surface area contributed by atoms with Gasteiger partial charge in [0.25, 0.3) is 0 Å². The van der Waals surface area contributed by atoms with Gasteiger partial charge in [-0.1, -0.05) is 24.3 Å². The first-order valence-corrected chi connectivity index (χ1v) is 13.1. The number of halogens is 2. The number of rotatable bonds is 9. The molecule has 0 amide bonds. The summed E-state index contributed by atoms with van der Waals surface area (Å²) in [7, 11) is -2.92. The van der Waals surface area contributed by atoms with Crippen molar-refractivity contribution in [1.29, 1.82) is 0 Å². The predicted molar refractivity (Wildman–Crippen MR) is 120 cm³/mol. The van der Waals surface area contributed by atoms with Crippen molar-refractivity contribution in [3.63, 3.8) is 0 Å². The van der Waals surface area contributed by atoms with Crippen molar-refractivity contribution >= 4 is 9.84 Å². The Morgan fingerprint density at radius 1 is 0.935 bits per heavy atom. The van der Waals surface area contributed by atoms with Crippen molar-refractivity contribution in [3.8, 4) is 0 Å². The fourth-order valence-electron chi connectivity index (χ4n) is 4.69. The number of nitrogens with two attached hydrogens (primary N) is 1. The van der Waals surface area contributed by atoms with Gasteiger partial charge in [-0.05, 0) is 91.7 Å². The highest BCUT2D eigenvalue weighted by atomic mass is 32.2. The molecule has 0 aliphatic heterocycles. The lowest BCUT2D eigenvalue weighted by Gasteiger charge is -2.32. The molecule has 0 spiro atoms. The van der Waals surface area contributed by atoms with E-state index in [9.17, 15) is 17.2 Å². The molecule has 6 heteroatoms. The molecule has 3 nitrogen and oxygen atoms in total. The monoisotopic (exact) mass is 447 g/mol. The molecule has 2 atom stereocenters. The third kappa shape index (κ3) is 5.92. The fraction of sp³-hybridized carbons (Fsp3) is 0.520. The van der Waals surface area contributed by atoms with Crippen LogP contribution in [0.15, 0.2) is 36.4 Å². The lowest BCUT2D eigenvalue weighted by atomic mass is 9.76. The Labute approximate surface area is 184 Å². The van der Waals surface area contributed by atoms with E-state index >= 15 is 0 Å². The normalized spacial score (nSPS) is 21.1. The summed E-state index contributed by atoms with van der Waals surface area (Å²) in [6.45, 7) is 0. The third-order valence-corrected chi connectivity index (χ3v) is 8.56. The molecule has 2 aliphatic rings. The molecule has 0 saturated heterocycles. The van der Waals surface area contributed by atoms with Crippen LogP contribution in [0.4, 0.5) is 8.78 Å². The van der Waals surface area contributed by atoms with Crippen LogP contribution in [-0.2, 0) is 29.1 Å². The number of fused-ring (bicyclic) bond motifs is 1. The van der Waals surface area contributed by atoms with Gasteiger partial charge in [-0.25, -0.2) is 17.2 Å². The van der Waals surface area contributed by atoms with E-state index in [2.05, 4.69) is 18.2 Å². The maximum atomic E-state index is 13.7. The summed E-state index contributed by atoms with van der Waals surface area (Å²) in [5, 5.41) is 0. The van der Waals surface area contributed by atoms with Gasteiger partial charge in [-0.3, -0.25) is 0 Å². The van der Waals surface area contributed by atoms with E-state index in [0.29, 0.717) is 24.5 Å². The molecule has 2 N–H and O–H groups in total. The van der Waals surface area contributed by atoms with E-state index < -0.39 is 21.5 Å². The maximum Gasteiger partial charge on any atom is 0.159 e. The number of unbranched alkanes of at least 4 members (excludes halogenated alkanes) is 1. The van der Waals surface area contributed by atoms with Gasteiger partial charge in [0.2, 0.25) is 0 Å². The largest absolute Gasteiger partial charge is 0.327 e. The Morgan fingerprint density at radius 2 is 1.71 bits per heavy atom. The highest BCUT2D eigenvalue weighted by Crippen LogP contribution is 2.35. The van der Waals surface area contributed by atoms with Crippen LogP contribution in [0, 0.1) is 17.6 Å².